The van der Waals surface area contributed by atoms with Gasteiger partial charge in [0.1, 0.15) is 0 Å². The minimum Gasteiger partial charge on any atom is -0.392 e. The second-order valence-corrected chi connectivity index (χ2v) is 3.88. The van der Waals surface area contributed by atoms with Gasteiger partial charge in [0.25, 0.3) is 0 Å². The van der Waals surface area contributed by atoms with E-state index < -0.39 is 0 Å². The van der Waals surface area contributed by atoms with Crippen LogP contribution in [0.4, 0.5) is 0 Å². The summed E-state index contributed by atoms with van der Waals surface area (Å²) in [5.74, 6) is 0. The Kier molecular flexibility index (Phi) is 5.55. The van der Waals surface area contributed by atoms with E-state index in [1.165, 1.54) is 0 Å². The lowest BCUT2D eigenvalue weighted by Gasteiger charge is -2.10. The maximum absolute atomic E-state index is 9.50. The van der Waals surface area contributed by atoms with Gasteiger partial charge in [0.2, 0.25) is 0 Å². The van der Waals surface area contributed by atoms with E-state index >= 15 is 0 Å². The van der Waals surface area contributed by atoms with Crippen molar-refractivity contribution in [1.29, 1.82) is 5.26 Å². The quantitative estimate of drug-likeness (QED) is 0.765. The number of nitrogens with one attached hydrogen (secondary N) is 1. The van der Waals surface area contributed by atoms with Gasteiger partial charge in [-0.3, -0.25) is 0 Å². The summed E-state index contributed by atoms with van der Waals surface area (Å²) in [7, 11) is 0. The fourth-order valence-electron chi connectivity index (χ4n) is 1.52. The van der Waals surface area contributed by atoms with Crippen molar-refractivity contribution in [2.24, 2.45) is 0 Å². The molecule has 1 atom stereocenters. The first-order chi connectivity index (χ1) is 7.76. The monoisotopic (exact) mass is 218 g/mol. The van der Waals surface area contributed by atoms with Crippen molar-refractivity contribution in [3.8, 4) is 6.07 Å². The van der Waals surface area contributed by atoms with E-state index in [1.54, 1.807) is 12.1 Å². The van der Waals surface area contributed by atoms with Crippen molar-refractivity contribution in [3.63, 3.8) is 0 Å². The highest BCUT2D eigenvalue weighted by Gasteiger charge is 2.01. The summed E-state index contributed by atoms with van der Waals surface area (Å²) in [4.78, 5) is 0. The van der Waals surface area contributed by atoms with E-state index in [0.29, 0.717) is 12.1 Å². The zero-order valence-electron chi connectivity index (χ0n) is 9.61. The molecule has 3 nitrogen and oxygen atoms in total. The van der Waals surface area contributed by atoms with Crippen LogP contribution in [0.2, 0.25) is 0 Å². The molecule has 1 rings (SSSR count). The lowest BCUT2D eigenvalue weighted by molar-refractivity contribution is 0.160. The third-order valence-electron chi connectivity index (χ3n) is 2.41. The Morgan fingerprint density at radius 3 is 2.62 bits per heavy atom. The van der Waals surface area contributed by atoms with Crippen LogP contribution in [0.5, 0.6) is 0 Å². The highest BCUT2D eigenvalue weighted by Crippen LogP contribution is 2.03. The lowest BCUT2D eigenvalue weighted by atomic mass is 10.1. The maximum Gasteiger partial charge on any atom is 0.0991 e. The number of benzene rings is 1. The molecule has 1 aromatic carbocycles. The molecule has 0 aliphatic rings. The SMILES string of the molecule is CCCC(O)CNCc1ccc(C#N)cc1. The van der Waals surface area contributed by atoms with Crippen molar-refractivity contribution in [3.05, 3.63) is 35.4 Å². The molecule has 0 fully saturated rings. The average molecular weight is 218 g/mol. The fraction of sp³-hybridized carbons (Fsp3) is 0.462. The molecule has 0 radical (unpaired) electrons. The highest BCUT2D eigenvalue weighted by atomic mass is 16.3. The zero-order valence-corrected chi connectivity index (χ0v) is 9.61. The molecule has 86 valence electrons. The Hall–Kier alpha value is -1.37. The molecule has 16 heavy (non-hydrogen) atoms. The van der Waals surface area contributed by atoms with Crippen molar-refractivity contribution in [1.82, 2.24) is 5.32 Å². The molecule has 0 aromatic heterocycles. The van der Waals surface area contributed by atoms with Crippen LogP contribution in [0.25, 0.3) is 0 Å². The first kappa shape index (κ1) is 12.7. The number of nitrogens with zero attached hydrogens (tertiary/aromatic N) is 1. The molecule has 1 unspecified atom stereocenters. The van der Waals surface area contributed by atoms with Crippen molar-refractivity contribution >= 4 is 0 Å². The van der Waals surface area contributed by atoms with E-state index in [0.717, 1.165) is 24.9 Å². The number of hydrogen-bond acceptors (Lipinski definition) is 3. The molecular weight excluding hydrogens is 200 g/mol. The first-order valence-corrected chi connectivity index (χ1v) is 5.64. The molecular formula is C13H18N2O. The van der Waals surface area contributed by atoms with Gasteiger partial charge in [-0.15, -0.1) is 0 Å². The van der Waals surface area contributed by atoms with Gasteiger partial charge in [-0.2, -0.15) is 5.26 Å². The van der Waals surface area contributed by atoms with E-state index in [2.05, 4.69) is 18.3 Å². The van der Waals surface area contributed by atoms with Crippen molar-refractivity contribution < 1.29 is 5.11 Å². The predicted molar refractivity (Wildman–Crippen MR) is 63.8 cm³/mol. The molecule has 0 aliphatic heterocycles. The van der Waals surface area contributed by atoms with Crippen LogP contribution in [0, 0.1) is 11.3 Å². The number of rotatable bonds is 6. The minimum absolute atomic E-state index is 0.261. The standard InChI is InChI=1S/C13H18N2O/c1-2-3-13(16)10-15-9-12-6-4-11(8-14)5-7-12/h4-7,13,15-16H,2-3,9-10H2,1H3. The summed E-state index contributed by atoms with van der Waals surface area (Å²) in [5.41, 5.74) is 1.80. The summed E-state index contributed by atoms with van der Waals surface area (Å²) in [6, 6.07) is 9.55. The molecule has 0 spiro atoms. The van der Waals surface area contributed by atoms with Gasteiger partial charge < -0.3 is 10.4 Å². The smallest absolute Gasteiger partial charge is 0.0991 e. The van der Waals surface area contributed by atoms with Crippen molar-refractivity contribution in [2.75, 3.05) is 6.54 Å². The summed E-state index contributed by atoms with van der Waals surface area (Å²) in [5, 5.41) is 21.3. The van der Waals surface area contributed by atoms with Crippen LogP contribution in [0.1, 0.15) is 30.9 Å². The Morgan fingerprint density at radius 1 is 1.38 bits per heavy atom. The average Bonchev–Trinajstić information content (AvgIpc) is 2.30. The second-order valence-electron chi connectivity index (χ2n) is 3.88. The van der Waals surface area contributed by atoms with Gasteiger partial charge >= 0.3 is 0 Å². The molecule has 0 saturated carbocycles. The number of nitriles is 1. The minimum atomic E-state index is -0.261. The first-order valence-electron chi connectivity index (χ1n) is 5.64. The van der Waals surface area contributed by atoms with Crippen LogP contribution >= 0.6 is 0 Å². The van der Waals surface area contributed by atoms with Crippen molar-refractivity contribution in [2.45, 2.75) is 32.4 Å². The van der Waals surface area contributed by atoms with Gasteiger partial charge in [0.05, 0.1) is 17.7 Å². The molecule has 0 saturated heterocycles. The maximum atomic E-state index is 9.50. The Bertz CT molecular complexity index is 340. The van der Waals surface area contributed by atoms with Crippen LogP contribution in [0.3, 0.4) is 0 Å². The Balaban J connectivity index is 2.29. The Morgan fingerprint density at radius 2 is 2.06 bits per heavy atom. The van der Waals surface area contributed by atoms with Crippen LogP contribution in [-0.2, 0) is 6.54 Å². The van der Waals surface area contributed by atoms with E-state index in [-0.39, 0.29) is 6.10 Å². The zero-order chi connectivity index (χ0) is 11.8. The number of aliphatic hydroxyl groups excluding tert-OH is 1. The summed E-state index contributed by atoms with van der Waals surface area (Å²) in [6.07, 6.45) is 1.57. The topological polar surface area (TPSA) is 56.0 Å². The molecule has 2 N–H and O–H groups in total. The summed E-state index contributed by atoms with van der Waals surface area (Å²) >= 11 is 0. The van der Waals surface area contributed by atoms with Gasteiger partial charge in [0, 0.05) is 13.1 Å². The summed E-state index contributed by atoms with van der Waals surface area (Å²) < 4.78 is 0. The van der Waals surface area contributed by atoms with E-state index in [1.807, 2.05) is 12.1 Å². The van der Waals surface area contributed by atoms with Crippen LogP contribution in [0.15, 0.2) is 24.3 Å². The predicted octanol–water partition coefficient (Wildman–Crippen LogP) is 1.81. The third kappa shape index (κ3) is 4.43. The number of hydrogen-bond donors (Lipinski definition) is 2. The molecule has 0 aliphatic carbocycles. The highest BCUT2D eigenvalue weighted by molar-refractivity contribution is 5.31. The van der Waals surface area contributed by atoms with Gasteiger partial charge in [-0.05, 0) is 24.1 Å². The summed E-state index contributed by atoms with van der Waals surface area (Å²) in [6.45, 7) is 3.41. The Labute approximate surface area is 96.7 Å². The van der Waals surface area contributed by atoms with E-state index in [4.69, 9.17) is 5.26 Å². The van der Waals surface area contributed by atoms with Crippen LogP contribution in [-0.4, -0.2) is 17.8 Å². The molecule has 1 aromatic rings. The van der Waals surface area contributed by atoms with Gasteiger partial charge in [0.15, 0.2) is 0 Å². The normalized spacial score (nSPS) is 12.1. The van der Waals surface area contributed by atoms with Gasteiger partial charge in [-0.1, -0.05) is 25.5 Å². The third-order valence-corrected chi connectivity index (χ3v) is 2.41. The fourth-order valence-corrected chi connectivity index (χ4v) is 1.52. The molecule has 0 amide bonds. The van der Waals surface area contributed by atoms with Crippen LogP contribution < -0.4 is 5.32 Å². The molecule has 3 heteroatoms. The number of aliphatic hydroxyl groups is 1. The second kappa shape index (κ2) is 7.00. The molecule has 0 heterocycles. The van der Waals surface area contributed by atoms with Gasteiger partial charge in [-0.25, -0.2) is 0 Å². The lowest BCUT2D eigenvalue weighted by Crippen LogP contribution is -2.26. The molecule has 0 bridgehead atoms. The largest absolute Gasteiger partial charge is 0.392 e. The van der Waals surface area contributed by atoms with E-state index in [9.17, 15) is 5.11 Å².